The normalized spacial score (nSPS) is 28.6. The molecule has 1 heterocycles. The van der Waals surface area contributed by atoms with Crippen LogP contribution in [0.5, 0.6) is 0 Å². The van der Waals surface area contributed by atoms with Crippen LogP contribution >= 0.6 is 11.6 Å². The van der Waals surface area contributed by atoms with Crippen LogP contribution < -0.4 is 10.9 Å². The molecule has 0 aliphatic heterocycles. The summed E-state index contributed by atoms with van der Waals surface area (Å²) in [6, 6.07) is 6.75. The predicted molar refractivity (Wildman–Crippen MR) is 131 cm³/mol. The average Bonchev–Trinajstić information content (AvgIpc) is 2.79. The van der Waals surface area contributed by atoms with E-state index in [2.05, 4.69) is 10.4 Å². The second-order valence-electron chi connectivity index (χ2n) is 10.7. The van der Waals surface area contributed by atoms with Gasteiger partial charge in [0.1, 0.15) is 5.02 Å². The molecule has 0 amide bonds. The van der Waals surface area contributed by atoms with Gasteiger partial charge in [0.15, 0.2) is 0 Å². The van der Waals surface area contributed by atoms with Crippen molar-refractivity contribution in [2.45, 2.75) is 63.8 Å². The number of carbonyl (C=O) groups is 2. The second kappa shape index (κ2) is 8.97. The zero-order valence-corrected chi connectivity index (χ0v) is 20.5. The molecule has 2 aromatic rings. The highest BCUT2D eigenvalue weighted by Crippen LogP contribution is 2.65. The molecule has 4 bridgehead atoms. The molecule has 1 aromatic carbocycles. The van der Waals surface area contributed by atoms with Gasteiger partial charge in [0.25, 0.3) is 5.56 Å². The molecule has 4 fully saturated rings. The molecule has 186 valence electrons. The Morgan fingerprint density at radius 1 is 1.20 bits per heavy atom. The summed E-state index contributed by atoms with van der Waals surface area (Å²) in [5.41, 5.74) is 0.400. The van der Waals surface area contributed by atoms with Crippen LogP contribution in [0.1, 0.15) is 68.6 Å². The highest BCUT2D eigenvalue weighted by atomic mass is 35.5. The number of carboxylic acid groups (broad SMARTS) is 1. The third-order valence-corrected chi connectivity index (χ3v) is 8.25. The van der Waals surface area contributed by atoms with Gasteiger partial charge in [-0.25, -0.2) is 9.48 Å². The van der Waals surface area contributed by atoms with Crippen molar-refractivity contribution in [3.8, 4) is 0 Å². The number of carbonyl (C=O) groups excluding carboxylic acids is 1. The molecule has 0 radical (unpaired) electrons. The number of rotatable bonds is 8. The van der Waals surface area contributed by atoms with Crippen molar-refractivity contribution in [1.82, 2.24) is 9.78 Å². The van der Waals surface area contributed by atoms with E-state index >= 15 is 0 Å². The maximum atomic E-state index is 13.4. The molecule has 9 heteroatoms. The van der Waals surface area contributed by atoms with Crippen LogP contribution in [0, 0.1) is 17.3 Å². The van der Waals surface area contributed by atoms with Crippen molar-refractivity contribution < 1.29 is 19.4 Å². The number of aromatic nitrogens is 2. The molecule has 4 aliphatic carbocycles. The largest absolute Gasteiger partial charge is 0.481 e. The van der Waals surface area contributed by atoms with E-state index in [1.165, 1.54) is 0 Å². The van der Waals surface area contributed by atoms with Crippen molar-refractivity contribution in [2.24, 2.45) is 17.3 Å². The Morgan fingerprint density at radius 2 is 1.89 bits per heavy atom. The number of hydrogen-bond acceptors (Lipinski definition) is 6. The molecule has 8 nitrogen and oxygen atoms in total. The first-order chi connectivity index (χ1) is 16.7. The van der Waals surface area contributed by atoms with E-state index in [0.717, 1.165) is 38.5 Å². The number of halogens is 1. The lowest BCUT2D eigenvalue weighted by molar-refractivity contribution is -0.151. The fraction of sp³-hybridized carbons (Fsp3) is 0.538. The van der Waals surface area contributed by atoms with E-state index in [0.29, 0.717) is 41.8 Å². The Balaban J connectivity index is 1.38. The minimum Gasteiger partial charge on any atom is -0.481 e. The molecule has 2 unspecified atom stereocenters. The zero-order chi connectivity index (χ0) is 24.8. The van der Waals surface area contributed by atoms with Gasteiger partial charge in [-0.15, -0.1) is 0 Å². The lowest BCUT2D eigenvalue weighted by Gasteiger charge is -2.61. The molecular weight excluding hydrogens is 470 g/mol. The molecular formula is C26H30ClN3O5. The molecule has 0 saturated heterocycles. The van der Waals surface area contributed by atoms with Crippen molar-refractivity contribution in [3.63, 3.8) is 0 Å². The van der Waals surface area contributed by atoms with Crippen LogP contribution in [0.2, 0.25) is 5.02 Å². The minimum atomic E-state index is -0.773. The van der Waals surface area contributed by atoms with Crippen molar-refractivity contribution >= 4 is 34.9 Å². The van der Waals surface area contributed by atoms with Gasteiger partial charge in [0.05, 0.1) is 36.0 Å². The molecule has 2 atom stereocenters. The van der Waals surface area contributed by atoms with Crippen molar-refractivity contribution in [2.75, 3.05) is 11.9 Å². The average molecular weight is 500 g/mol. The van der Waals surface area contributed by atoms with Gasteiger partial charge < -0.3 is 15.2 Å². The first-order valence-electron chi connectivity index (χ1n) is 12.3. The zero-order valence-electron chi connectivity index (χ0n) is 19.8. The van der Waals surface area contributed by atoms with Gasteiger partial charge in [-0.3, -0.25) is 9.59 Å². The van der Waals surface area contributed by atoms with Crippen molar-refractivity contribution in [3.05, 3.63) is 51.4 Å². The SMILES string of the molecule is CCCOC(=O)c1ccc(Nc2cnn(C34CC5CC(CC(CC(=O)O)(C5)C3)C4)c(=O)c2Cl)cc1. The number of nitrogens with one attached hydrogen (secondary N) is 1. The van der Waals surface area contributed by atoms with Crippen LogP contribution in [0.25, 0.3) is 0 Å². The Kier molecular flexibility index (Phi) is 6.11. The molecule has 2 N–H and O–H groups in total. The quantitative estimate of drug-likeness (QED) is 0.493. The molecule has 0 spiro atoms. The Morgan fingerprint density at radius 3 is 2.51 bits per heavy atom. The van der Waals surface area contributed by atoms with Gasteiger partial charge >= 0.3 is 11.9 Å². The summed E-state index contributed by atoms with van der Waals surface area (Å²) >= 11 is 6.54. The summed E-state index contributed by atoms with van der Waals surface area (Å²) in [5, 5.41) is 17.3. The maximum Gasteiger partial charge on any atom is 0.338 e. The van der Waals surface area contributed by atoms with Crippen molar-refractivity contribution in [1.29, 1.82) is 0 Å². The summed E-state index contributed by atoms with van der Waals surface area (Å²) in [6.45, 7) is 2.31. The van der Waals surface area contributed by atoms with Gasteiger partial charge in [-0.1, -0.05) is 18.5 Å². The standard InChI is InChI=1S/C26H30ClN3O5/c1-2-7-35-24(34)18-3-5-19(6-4-18)29-20-14-28-30(23(33)22(20)27)26-11-16-8-17(12-26)10-25(9-16,15-26)13-21(31)32/h3-6,14,16-17,29H,2,7-13,15H2,1H3,(H,31,32). The summed E-state index contributed by atoms with van der Waals surface area (Å²) in [4.78, 5) is 37.1. The number of nitrogens with zero attached hydrogens (tertiary/aromatic N) is 2. The topological polar surface area (TPSA) is 111 Å². The van der Waals surface area contributed by atoms with Crippen LogP contribution in [-0.4, -0.2) is 33.4 Å². The van der Waals surface area contributed by atoms with Gasteiger partial charge in [-0.2, -0.15) is 5.10 Å². The molecule has 6 rings (SSSR count). The third kappa shape index (κ3) is 4.44. The summed E-state index contributed by atoms with van der Waals surface area (Å²) < 4.78 is 6.69. The van der Waals surface area contributed by atoms with Gasteiger partial charge in [0.2, 0.25) is 0 Å². The summed E-state index contributed by atoms with van der Waals surface area (Å²) in [5.74, 6) is -0.312. The number of esters is 1. The number of aliphatic carboxylic acids is 1. The minimum absolute atomic E-state index is 0.0504. The van der Waals surface area contributed by atoms with Crippen LogP contribution in [-0.2, 0) is 15.1 Å². The highest BCUT2D eigenvalue weighted by molar-refractivity contribution is 6.33. The first kappa shape index (κ1) is 23.9. The Labute approximate surface area is 208 Å². The van der Waals surface area contributed by atoms with E-state index in [9.17, 15) is 19.5 Å². The van der Waals surface area contributed by atoms with E-state index < -0.39 is 11.5 Å². The molecule has 4 aliphatic rings. The predicted octanol–water partition coefficient (Wildman–Crippen LogP) is 4.98. The fourth-order valence-corrected chi connectivity index (χ4v) is 7.33. The smallest absolute Gasteiger partial charge is 0.338 e. The van der Waals surface area contributed by atoms with Gasteiger partial charge in [-0.05, 0) is 86.5 Å². The fourth-order valence-electron chi connectivity index (χ4n) is 7.16. The molecule has 1 aromatic heterocycles. The lowest BCUT2D eigenvalue weighted by atomic mass is 9.46. The third-order valence-electron chi connectivity index (χ3n) is 7.88. The van der Waals surface area contributed by atoms with E-state index in [4.69, 9.17) is 16.3 Å². The first-order valence-corrected chi connectivity index (χ1v) is 12.6. The maximum absolute atomic E-state index is 13.4. The highest BCUT2D eigenvalue weighted by Gasteiger charge is 2.59. The van der Waals surface area contributed by atoms with Crippen LogP contribution in [0.15, 0.2) is 35.3 Å². The number of benzene rings is 1. The second-order valence-corrected chi connectivity index (χ2v) is 11.1. The van der Waals surface area contributed by atoms with Crippen LogP contribution in [0.3, 0.4) is 0 Å². The molecule has 35 heavy (non-hydrogen) atoms. The van der Waals surface area contributed by atoms with Gasteiger partial charge in [0, 0.05) is 5.69 Å². The van der Waals surface area contributed by atoms with Crippen LogP contribution in [0.4, 0.5) is 11.4 Å². The van der Waals surface area contributed by atoms with E-state index in [1.807, 2.05) is 6.92 Å². The molecule has 4 saturated carbocycles. The lowest BCUT2D eigenvalue weighted by Crippen LogP contribution is -2.59. The number of carboxylic acids is 1. The summed E-state index contributed by atoms with van der Waals surface area (Å²) in [7, 11) is 0. The number of hydrogen-bond donors (Lipinski definition) is 2. The Bertz CT molecular complexity index is 1190. The Hall–Kier alpha value is -2.87. The van der Waals surface area contributed by atoms with E-state index in [-0.39, 0.29) is 28.4 Å². The van der Waals surface area contributed by atoms with E-state index in [1.54, 1.807) is 35.1 Å². The number of ether oxygens (including phenoxy) is 1. The summed E-state index contributed by atoms with van der Waals surface area (Å²) in [6.07, 6.45) is 7.75. The number of anilines is 2. The monoisotopic (exact) mass is 499 g/mol.